The van der Waals surface area contributed by atoms with Gasteiger partial charge >= 0.3 is 0 Å². The molecule has 2 aromatic heterocycles. The summed E-state index contributed by atoms with van der Waals surface area (Å²) in [7, 11) is 0. The van der Waals surface area contributed by atoms with E-state index >= 15 is 0 Å². The van der Waals surface area contributed by atoms with E-state index in [2.05, 4.69) is 9.97 Å². The average Bonchev–Trinajstić information content (AvgIpc) is 3.32. The van der Waals surface area contributed by atoms with E-state index < -0.39 is 23.5 Å². The molecular formula is C25H25N3O4S. The summed E-state index contributed by atoms with van der Waals surface area (Å²) < 4.78 is 5.62. The number of aromatic nitrogens is 2. The number of ether oxygens (including phenoxy) is 1. The van der Waals surface area contributed by atoms with Crippen molar-refractivity contribution in [1.82, 2.24) is 14.9 Å². The third-order valence-corrected chi connectivity index (χ3v) is 6.56. The Balaban J connectivity index is 1.72. The van der Waals surface area contributed by atoms with Crippen molar-refractivity contribution in [2.45, 2.75) is 32.9 Å². The van der Waals surface area contributed by atoms with Crippen molar-refractivity contribution >= 4 is 23.0 Å². The van der Waals surface area contributed by atoms with Crippen LogP contribution in [0.1, 0.15) is 40.8 Å². The lowest BCUT2D eigenvalue weighted by Gasteiger charge is -2.26. The highest BCUT2D eigenvalue weighted by Gasteiger charge is 2.44. The van der Waals surface area contributed by atoms with Gasteiger partial charge in [0.05, 0.1) is 34.9 Å². The Bertz CT molecular complexity index is 1190. The molecule has 0 saturated heterocycles. The van der Waals surface area contributed by atoms with Crippen molar-refractivity contribution < 1.29 is 19.4 Å². The fourth-order valence-corrected chi connectivity index (χ4v) is 4.85. The maximum absolute atomic E-state index is 13.7. The minimum Gasteiger partial charge on any atom is -0.503 e. The number of Topliss-reactive ketones (excluding diaryl/α,β-unsaturated/α-hetero) is 1. The molecule has 0 bridgehead atoms. The molecule has 0 spiro atoms. The van der Waals surface area contributed by atoms with Crippen LogP contribution >= 0.6 is 11.3 Å². The lowest BCUT2D eigenvalue weighted by atomic mass is 9.96. The van der Waals surface area contributed by atoms with Gasteiger partial charge in [-0.2, -0.15) is 0 Å². The van der Waals surface area contributed by atoms with Crippen molar-refractivity contribution in [3.63, 3.8) is 0 Å². The molecule has 1 atom stereocenters. The first-order valence-corrected chi connectivity index (χ1v) is 11.5. The smallest absolute Gasteiger partial charge is 0.290 e. The van der Waals surface area contributed by atoms with Gasteiger partial charge < -0.3 is 14.7 Å². The van der Waals surface area contributed by atoms with E-state index in [4.69, 9.17) is 4.74 Å². The molecule has 1 N–H and O–H groups in total. The average molecular weight is 464 g/mol. The number of hydrogen-bond donors (Lipinski definition) is 1. The number of nitrogens with zero attached hydrogens (tertiary/aromatic N) is 3. The van der Waals surface area contributed by atoms with Crippen molar-refractivity contribution in [2.75, 3.05) is 13.2 Å². The van der Waals surface area contributed by atoms with Crippen molar-refractivity contribution in [1.29, 1.82) is 0 Å². The highest BCUT2D eigenvalue weighted by Crippen LogP contribution is 2.40. The zero-order valence-electron chi connectivity index (χ0n) is 18.7. The summed E-state index contributed by atoms with van der Waals surface area (Å²) >= 11 is 1.25. The van der Waals surface area contributed by atoms with E-state index in [0.29, 0.717) is 21.1 Å². The first kappa shape index (κ1) is 22.8. The minimum absolute atomic E-state index is 0.00143. The van der Waals surface area contributed by atoms with Gasteiger partial charge in [0.15, 0.2) is 5.76 Å². The summed E-state index contributed by atoms with van der Waals surface area (Å²) in [6.07, 6.45) is 3.23. The maximum Gasteiger partial charge on any atom is 0.290 e. The van der Waals surface area contributed by atoms with Gasteiger partial charge in [-0.15, -0.1) is 11.3 Å². The predicted molar refractivity (Wildman–Crippen MR) is 126 cm³/mol. The first-order valence-electron chi connectivity index (χ1n) is 10.7. The van der Waals surface area contributed by atoms with Crippen molar-refractivity contribution in [3.8, 4) is 10.6 Å². The van der Waals surface area contributed by atoms with Gasteiger partial charge in [0.2, 0.25) is 5.78 Å². The van der Waals surface area contributed by atoms with E-state index in [1.165, 1.54) is 16.2 Å². The molecule has 8 heteroatoms. The molecule has 0 fully saturated rings. The van der Waals surface area contributed by atoms with E-state index in [1.807, 2.05) is 44.2 Å². The second kappa shape index (κ2) is 9.64. The van der Waals surface area contributed by atoms with Gasteiger partial charge in [-0.1, -0.05) is 36.4 Å². The molecule has 7 nitrogen and oxygen atoms in total. The zero-order chi connectivity index (χ0) is 23.5. The molecule has 170 valence electrons. The van der Waals surface area contributed by atoms with Crippen LogP contribution in [0.5, 0.6) is 0 Å². The van der Waals surface area contributed by atoms with E-state index in [9.17, 15) is 14.7 Å². The Morgan fingerprint density at radius 2 is 1.97 bits per heavy atom. The van der Waals surface area contributed by atoms with Crippen LogP contribution in [-0.2, 0) is 9.53 Å². The number of carbonyl (C=O) groups excluding carboxylic acids is 2. The molecule has 1 aromatic carbocycles. The summed E-state index contributed by atoms with van der Waals surface area (Å²) in [5, 5.41) is 11.5. The van der Waals surface area contributed by atoms with E-state index in [-0.39, 0.29) is 24.8 Å². The highest BCUT2D eigenvalue weighted by atomic mass is 32.1. The molecule has 1 amide bonds. The molecular weight excluding hydrogens is 438 g/mol. The normalized spacial score (nSPS) is 16.2. The first-order chi connectivity index (χ1) is 15.9. The number of pyridine rings is 1. The SMILES string of the molecule is Cc1nc(-c2ccccc2)sc1C(=O)C1=C(O)C(=O)N(CCOC(C)C)C1c1cccnc1. The Morgan fingerprint density at radius 1 is 1.21 bits per heavy atom. The summed E-state index contributed by atoms with van der Waals surface area (Å²) in [6.45, 7) is 6.09. The largest absolute Gasteiger partial charge is 0.503 e. The van der Waals surface area contributed by atoms with Crippen LogP contribution < -0.4 is 0 Å². The third kappa shape index (κ3) is 4.58. The molecule has 3 aromatic rings. The number of ketones is 1. The number of aryl methyl sites for hydroxylation is 1. The zero-order valence-corrected chi connectivity index (χ0v) is 19.5. The molecule has 1 unspecified atom stereocenters. The van der Waals surface area contributed by atoms with Crippen LogP contribution in [0.15, 0.2) is 66.2 Å². The van der Waals surface area contributed by atoms with Gasteiger partial charge in [-0.3, -0.25) is 14.6 Å². The number of benzene rings is 1. The molecule has 4 rings (SSSR count). The van der Waals surface area contributed by atoms with E-state index in [1.54, 1.807) is 31.5 Å². The molecule has 0 saturated carbocycles. The van der Waals surface area contributed by atoms with E-state index in [0.717, 1.165) is 5.56 Å². The summed E-state index contributed by atoms with van der Waals surface area (Å²) in [4.78, 5) is 37.3. The number of amides is 1. The Morgan fingerprint density at radius 3 is 2.64 bits per heavy atom. The standard InChI is InChI=1S/C25H25N3O4S/c1-15(2)32-13-12-28-20(18-10-7-11-26-14-18)19(22(30)25(28)31)21(29)23-16(3)27-24(33-23)17-8-5-4-6-9-17/h4-11,14-15,20,30H,12-13H2,1-3H3. The van der Waals surface area contributed by atoms with Gasteiger partial charge in [-0.05, 0) is 32.4 Å². The fraction of sp³-hybridized carbons (Fsp3) is 0.280. The van der Waals surface area contributed by atoms with Crippen LogP contribution in [0.3, 0.4) is 0 Å². The number of rotatable bonds is 8. The summed E-state index contributed by atoms with van der Waals surface area (Å²) in [5.41, 5.74) is 2.15. The van der Waals surface area contributed by atoms with Gasteiger partial charge in [-0.25, -0.2) is 4.98 Å². The van der Waals surface area contributed by atoms with Crippen molar-refractivity contribution in [2.24, 2.45) is 0 Å². The second-order valence-electron chi connectivity index (χ2n) is 8.00. The topological polar surface area (TPSA) is 92.6 Å². The van der Waals surface area contributed by atoms with Crippen LogP contribution in [0.4, 0.5) is 0 Å². The third-order valence-electron chi connectivity index (χ3n) is 5.36. The Kier molecular flexibility index (Phi) is 6.67. The van der Waals surface area contributed by atoms with Crippen LogP contribution in [0, 0.1) is 6.92 Å². The van der Waals surface area contributed by atoms with Gasteiger partial charge in [0.25, 0.3) is 5.91 Å². The number of carbonyl (C=O) groups is 2. The maximum atomic E-state index is 13.7. The molecule has 3 heterocycles. The quantitative estimate of drug-likeness (QED) is 0.494. The molecule has 0 aliphatic carbocycles. The lowest BCUT2D eigenvalue weighted by Crippen LogP contribution is -2.34. The molecule has 0 radical (unpaired) electrons. The lowest BCUT2D eigenvalue weighted by molar-refractivity contribution is -0.130. The Labute approximate surface area is 196 Å². The molecule has 33 heavy (non-hydrogen) atoms. The number of aliphatic hydroxyl groups is 1. The van der Waals surface area contributed by atoms with Crippen LogP contribution in [0.25, 0.3) is 10.6 Å². The van der Waals surface area contributed by atoms with Crippen LogP contribution in [0.2, 0.25) is 0 Å². The van der Waals surface area contributed by atoms with Crippen LogP contribution in [-0.4, -0.2) is 50.9 Å². The highest BCUT2D eigenvalue weighted by molar-refractivity contribution is 7.17. The number of aliphatic hydroxyl groups excluding tert-OH is 1. The molecule has 1 aliphatic heterocycles. The van der Waals surface area contributed by atoms with Gasteiger partial charge in [0, 0.05) is 24.5 Å². The fourth-order valence-electron chi connectivity index (χ4n) is 3.82. The monoisotopic (exact) mass is 463 g/mol. The molecule has 1 aliphatic rings. The minimum atomic E-state index is -0.754. The Hall–Kier alpha value is -3.36. The van der Waals surface area contributed by atoms with Crippen molar-refractivity contribution in [3.05, 3.63) is 82.3 Å². The second-order valence-corrected chi connectivity index (χ2v) is 9.00. The summed E-state index contributed by atoms with van der Waals surface area (Å²) in [5.74, 6) is -1.53. The number of hydrogen-bond acceptors (Lipinski definition) is 7. The predicted octanol–water partition coefficient (Wildman–Crippen LogP) is 4.52. The summed E-state index contributed by atoms with van der Waals surface area (Å²) in [6, 6.07) is 12.4. The van der Waals surface area contributed by atoms with Gasteiger partial charge in [0.1, 0.15) is 5.01 Å². The number of thiazole rings is 1.